The maximum absolute atomic E-state index is 13.2. The molecule has 0 fully saturated rings. The van der Waals surface area contributed by atoms with Crippen molar-refractivity contribution < 1.29 is 59.5 Å². The van der Waals surface area contributed by atoms with Gasteiger partial charge in [0.1, 0.15) is 68.5 Å². The number of ether oxygens (including phenoxy) is 9. The Balaban J connectivity index is 0.000000202. The lowest BCUT2D eigenvalue weighted by molar-refractivity contribution is 0.117. The molecule has 0 amide bonds. The minimum absolute atomic E-state index is 0. The number of methoxy groups -OCH3 is 4. The Morgan fingerprint density at radius 1 is 0.410 bits per heavy atom. The number of anilines is 3. The minimum Gasteiger partial charge on any atom is -0.496 e. The van der Waals surface area contributed by atoms with Crippen LogP contribution in [0.1, 0.15) is 95.8 Å². The van der Waals surface area contributed by atoms with Crippen molar-refractivity contribution in [2.24, 2.45) is 0 Å². The fraction of sp³-hybridized carbons (Fsp3) is 0.298. The van der Waals surface area contributed by atoms with Crippen molar-refractivity contribution in [3.05, 3.63) is 292 Å². The van der Waals surface area contributed by atoms with Gasteiger partial charge in [-0.05, 0) is 175 Å². The number of sulfonamides is 2. The molecule has 10 aromatic rings. The Hall–Kier alpha value is -10.3. The topological polar surface area (TPSA) is 188 Å². The van der Waals surface area contributed by atoms with Crippen molar-refractivity contribution in [2.75, 3.05) is 97.5 Å². The van der Waals surface area contributed by atoms with Crippen molar-refractivity contribution in [3.63, 3.8) is 0 Å². The van der Waals surface area contributed by atoms with E-state index < -0.39 is 31.2 Å². The summed E-state index contributed by atoms with van der Waals surface area (Å²) >= 11 is 0. The third-order valence-electron chi connectivity index (χ3n) is 20.3. The number of nitrogens with zero attached hydrogens (tertiary/aromatic N) is 4. The van der Waals surface area contributed by atoms with Crippen LogP contribution in [0.5, 0.6) is 51.7 Å². The molecular weight excluding hydrogens is 1550 g/mol. The van der Waals surface area contributed by atoms with Gasteiger partial charge in [-0.15, -0.1) is 0 Å². The number of hydrogen-bond acceptors (Lipinski definition) is 17. The molecule has 3 heterocycles. The molecule has 0 saturated carbocycles. The molecule has 0 spiro atoms. The van der Waals surface area contributed by atoms with E-state index >= 15 is 0 Å². The van der Waals surface area contributed by atoms with Crippen LogP contribution in [0.25, 0.3) is 18.2 Å². The molecule has 23 heteroatoms. The summed E-state index contributed by atoms with van der Waals surface area (Å²) in [6.45, 7) is 21.5. The highest BCUT2D eigenvalue weighted by molar-refractivity contribution is 7.89. The van der Waals surface area contributed by atoms with Gasteiger partial charge in [0, 0.05) is 98.3 Å². The monoisotopic (exact) mass is 1660 g/mol. The lowest BCUT2D eigenvalue weighted by Crippen LogP contribution is -2.45. The summed E-state index contributed by atoms with van der Waals surface area (Å²) in [5.74, 6) is 6.62. The Kier molecular flexibility index (Phi) is 31.5. The van der Waals surface area contributed by atoms with Gasteiger partial charge in [0.2, 0.25) is 20.0 Å². The van der Waals surface area contributed by atoms with Crippen LogP contribution < -0.4 is 63.1 Å². The second-order valence-electron chi connectivity index (χ2n) is 29.5. The van der Waals surface area contributed by atoms with E-state index in [2.05, 4.69) is 126 Å². The molecule has 3 aliphatic heterocycles. The zero-order valence-corrected chi connectivity index (χ0v) is 74.5. The van der Waals surface area contributed by atoms with Gasteiger partial charge in [0.15, 0.2) is 0 Å². The van der Waals surface area contributed by atoms with Crippen LogP contribution in [0.3, 0.4) is 0 Å². The van der Waals surface area contributed by atoms with E-state index in [0.717, 1.165) is 116 Å². The Labute approximate surface area is 699 Å². The SMILES string of the molecule is CCOc1cc(OC)c(CN(Cc2ccccc2)c2cc3c(cc2C)OC(C)(CN(C)S(=O)(=O)c2ccccc2)C=C3)c(OC)c1.CCOc1cc(OC)c(CN(Cc2ccccc2)c2cc3c(cc2C)OC(C)(CNC)C=C3)c(OC)c1.Cc1cc2c(cc1NCc1ccccc1)C=CC(C)(CN(C)S(=O)(=O)c1ccccc1)O2.P.P. The predicted molar refractivity (Wildman–Crippen MR) is 484 cm³/mol. The molecule has 2 N–H and O–H groups in total. The summed E-state index contributed by atoms with van der Waals surface area (Å²) in [6.07, 6.45) is 12.2. The van der Waals surface area contributed by atoms with Crippen molar-refractivity contribution >= 4 is 75.1 Å². The molecular formula is C94H114N6O13P2S2. The second kappa shape index (κ2) is 40.7. The summed E-state index contributed by atoms with van der Waals surface area (Å²) in [4.78, 5) is 5.19. The zero-order chi connectivity index (χ0) is 82.1. The third kappa shape index (κ3) is 22.7. The van der Waals surface area contributed by atoms with Gasteiger partial charge in [0.05, 0.1) is 88.7 Å². The Bertz CT molecular complexity index is 5260. The van der Waals surface area contributed by atoms with Gasteiger partial charge >= 0.3 is 0 Å². The van der Waals surface area contributed by atoms with E-state index in [1.54, 1.807) is 103 Å². The zero-order valence-electron chi connectivity index (χ0n) is 70.1. The second-order valence-corrected chi connectivity index (χ2v) is 33.6. The van der Waals surface area contributed by atoms with Gasteiger partial charge in [-0.25, -0.2) is 16.8 Å². The normalized spacial score (nSPS) is 16.0. The quantitative estimate of drug-likeness (QED) is 0.0390. The summed E-state index contributed by atoms with van der Waals surface area (Å²) < 4.78 is 109. The summed E-state index contributed by atoms with van der Waals surface area (Å²) in [5.41, 5.74) is 12.9. The van der Waals surface area contributed by atoms with Crippen molar-refractivity contribution in [1.29, 1.82) is 0 Å². The van der Waals surface area contributed by atoms with E-state index in [4.69, 9.17) is 42.6 Å². The minimum atomic E-state index is -3.67. The largest absolute Gasteiger partial charge is 0.496 e. The van der Waals surface area contributed by atoms with Crippen LogP contribution in [0.15, 0.2) is 240 Å². The summed E-state index contributed by atoms with van der Waals surface area (Å²) in [7, 11) is 4.52. The molecule has 0 bridgehead atoms. The van der Waals surface area contributed by atoms with Crippen molar-refractivity contribution in [1.82, 2.24) is 13.9 Å². The van der Waals surface area contributed by atoms with Gasteiger partial charge in [-0.1, -0.05) is 146 Å². The maximum Gasteiger partial charge on any atom is 0.242 e. The highest BCUT2D eigenvalue weighted by Gasteiger charge is 2.37. The number of benzene rings is 10. The molecule has 0 aliphatic carbocycles. The molecule has 19 nitrogen and oxygen atoms in total. The average Bonchev–Trinajstić information content (AvgIpc) is 0.786. The third-order valence-corrected chi connectivity index (χ3v) is 24.0. The van der Waals surface area contributed by atoms with Crippen LogP contribution in [-0.4, -0.2) is 125 Å². The Morgan fingerprint density at radius 3 is 1.09 bits per heavy atom. The van der Waals surface area contributed by atoms with Gasteiger partial charge in [0.25, 0.3) is 0 Å². The van der Waals surface area contributed by atoms with E-state index in [1.807, 2.05) is 145 Å². The molecule has 13 rings (SSSR count). The fourth-order valence-electron chi connectivity index (χ4n) is 14.4. The molecule has 0 aromatic heterocycles. The first kappa shape index (κ1) is 90.6. The van der Waals surface area contributed by atoms with E-state index in [1.165, 1.54) is 19.7 Å². The molecule has 0 radical (unpaired) electrons. The summed E-state index contributed by atoms with van der Waals surface area (Å²) in [5, 5.41) is 6.72. The van der Waals surface area contributed by atoms with Crippen molar-refractivity contribution in [3.8, 4) is 51.7 Å². The first-order valence-corrected chi connectivity index (χ1v) is 41.5. The van der Waals surface area contributed by atoms with E-state index in [9.17, 15) is 16.8 Å². The smallest absolute Gasteiger partial charge is 0.242 e. The van der Waals surface area contributed by atoms with Gasteiger partial charge in [-0.2, -0.15) is 28.4 Å². The molecule has 3 aliphatic rings. The maximum atomic E-state index is 13.2. The molecule has 10 aromatic carbocycles. The highest BCUT2D eigenvalue weighted by atomic mass is 32.2. The van der Waals surface area contributed by atoms with Crippen LogP contribution >= 0.6 is 19.8 Å². The number of fused-ring (bicyclic) bond motifs is 3. The van der Waals surface area contributed by atoms with Crippen LogP contribution in [-0.2, 0) is 52.8 Å². The summed E-state index contributed by atoms with van der Waals surface area (Å²) in [6, 6.07) is 68.2. The Morgan fingerprint density at radius 2 is 0.735 bits per heavy atom. The lowest BCUT2D eigenvalue weighted by Gasteiger charge is -2.36. The predicted octanol–water partition coefficient (Wildman–Crippen LogP) is 18.3. The number of nitrogens with one attached hydrogen (secondary N) is 2. The average molecular weight is 1660 g/mol. The molecule has 117 heavy (non-hydrogen) atoms. The fourth-order valence-corrected chi connectivity index (χ4v) is 17.0. The van der Waals surface area contributed by atoms with E-state index in [0.29, 0.717) is 55.8 Å². The number of aryl methyl sites for hydroxylation is 3. The highest BCUT2D eigenvalue weighted by Crippen LogP contribution is 2.44. The lowest BCUT2D eigenvalue weighted by atomic mass is 9.98. The van der Waals surface area contributed by atoms with E-state index in [-0.39, 0.29) is 48.3 Å². The molecule has 5 unspecified atom stereocenters. The van der Waals surface area contributed by atoms with Gasteiger partial charge in [-0.3, -0.25) is 0 Å². The molecule has 0 saturated heterocycles. The number of likely N-dealkylation sites (N-methyl/N-ethyl adjacent to an activating group) is 3. The molecule has 620 valence electrons. The first-order valence-electron chi connectivity index (χ1n) is 38.6. The van der Waals surface area contributed by atoms with Crippen LogP contribution in [0, 0.1) is 20.8 Å². The first-order chi connectivity index (χ1) is 55.2. The number of rotatable bonds is 31. The standard InChI is InChI=1S/C37H42N2O6S.C31H38N2O4.C26H28N2O3S.2H3P/c1-7-44-30-22-35(42-5)32(36(23-30)43-6)25-39(24-28-14-10-8-11-15-28)33-21-29-18-19-37(3,45-34(29)20-27(33)2)26-38(4)46(40,41)31-16-12-9-13-17-31;1-7-36-25-17-29(34-5)26(30(18-25)35-6)20-33(19-23-11-9-8-10-12-23)27-16-24-13-14-31(3,21-32-4)37-28(24)15-22(27)2;1-20-16-25-22(17-24(20)27-18-21-10-6-4-7-11-21)14-15-26(2,31-25)19-28(3)32(29,30)23-12-8-5-9-13-23;;/h8-23H,7,24-26H2,1-6H3;8-18,32H,7,19-21H2,1-6H3;4-17,27H,18-19H2,1-3H3;2*1H3. The van der Waals surface area contributed by atoms with Crippen molar-refractivity contribution in [2.45, 2.75) is 115 Å². The van der Waals surface area contributed by atoms with Crippen LogP contribution in [0.4, 0.5) is 17.1 Å². The van der Waals surface area contributed by atoms with Crippen LogP contribution in [0.2, 0.25) is 0 Å². The molecule has 5 atom stereocenters. The number of hydrogen-bond donors (Lipinski definition) is 2. The van der Waals surface area contributed by atoms with Gasteiger partial charge < -0.3 is 63.1 Å².